The minimum absolute atomic E-state index is 0.0732. The first-order valence-corrected chi connectivity index (χ1v) is 4.79. The van der Waals surface area contributed by atoms with Gasteiger partial charge in [-0.2, -0.15) is 0 Å². The van der Waals surface area contributed by atoms with Gasteiger partial charge in [-0.25, -0.2) is 5.06 Å². The van der Waals surface area contributed by atoms with Gasteiger partial charge in [0.15, 0.2) is 0 Å². The highest BCUT2D eigenvalue weighted by Gasteiger charge is 2.18. The maximum atomic E-state index is 11.2. The van der Waals surface area contributed by atoms with E-state index in [-0.39, 0.29) is 24.7 Å². The number of carbonyl (C=O) groups excluding carboxylic acids is 2. The van der Waals surface area contributed by atoms with Crippen LogP contribution in [0.3, 0.4) is 0 Å². The summed E-state index contributed by atoms with van der Waals surface area (Å²) in [5.41, 5.74) is -0.507. The topological polar surface area (TPSA) is 55.8 Å². The Balaban J connectivity index is 3.87. The van der Waals surface area contributed by atoms with Crippen LogP contribution in [0.4, 0.5) is 0 Å². The second-order valence-corrected chi connectivity index (χ2v) is 4.16. The number of amides is 1. The zero-order chi connectivity index (χ0) is 12.1. The number of nitrogens with zero attached hydrogens (tertiary/aromatic N) is 1. The summed E-state index contributed by atoms with van der Waals surface area (Å²) in [5, 5.41) is 1.09. The Morgan fingerprint density at radius 2 is 1.73 bits per heavy atom. The molecule has 88 valence electrons. The largest absolute Gasteiger partial charge is 0.460 e. The van der Waals surface area contributed by atoms with Crippen molar-refractivity contribution in [3.05, 3.63) is 0 Å². The fourth-order valence-corrected chi connectivity index (χ4v) is 0.861. The number of hydrogen-bond acceptors (Lipinski definition) is 4. The molecular weight excluding hydrogens is 198 g/mol. The van der Waals surface area contributed by atoms with Crippen LogP contribution in [0.25, 0.3) is 0 Å². The smallest absolute Gasteiger partial charge is 0.306 e. The van der Waals surface area contributed by atoms with Crippen LogP contribution in [0.5, 0.6) is 0 Å². The van der Waals surface area contributed by atoms with Crippen molar-refractivity contribution in [2.75, 3.05) is 14.2 Å². The predicted octanol–water partition coefficient (Wildman–Crippen LogP) is 1.13. The molecule has 0 aliphatic carbocycles. The first-order valence-electron chi connectivity index (χ1n) is 4.79. The third kappa shape index (κ3) is 6.90. The van der Waals surface area contributed by atoms with E-state index in [1.165, 1.54) is 14.2 Å². The van der Waals surface area contributed by atoms with Crippen molar-refractivity contribution in [1.82, 2.24) is 5.06 Å². The molecule has 0 unspecified atom stereocenters. The molecule has 0 saturated heterocycles. The number of carbonyl (C=O) groups is 2. The lowest BCUT2D eigenvalue weighted by atomic mass is 10.2. The van der Waals surface area contributed by atoms with E-state index in [2.05, 4.69) is 4.84 Å². The van der Waals surface area contributed by atoms with Gasteiger partial charge in [0.05, 0.1) is 13.5 Å². The quantitative estimate of drug-likeness (QED) is 0.523. The molecule has 0 aromatic heterocycles. The molecule has 0 N–H and O–H groups in total. The van der Waals surface area contributed by atoms with Crippen LogP contribution in [0.15, 0.2) is 0 Å². The third-order valence-corrected chi connectivity index (χ3v) is 1.59. The molecule has 0 saturated carbocycles. The van der Waals surface area contributed by atoms with Gasteiger partial charge in [0.2, 0.25) is 5.91 Å². The molecule has 0 aliphatic heterocycles. The van der Waals surface area contributed by atoms with Crippen LogP contribution in [-0.2, 0) is 19.2 Å². The second kappa shape index (κ2) is 5.70. The first kappa shape index (κ1) is 13.9. The Bertz CT molecular complexity index is 232. The average molecular weight is 217 g/mol. The van der Waals surface area contributed by atoms with Crippen molar-refractivity contribution in [1.29, 1.82) is 0 Å². The van der Waals surface area contributed by atoms with Crippen molar-refractivity contribution < 1.29 is 19.2 Å². The summed E-state index contributed by atoms with van der Waals surface area (Å²) in [7, 11) is 2.89. The lowest BCUT2D eigenvalue weighted by Gasteiger charge is -2.19. The maximum Gasteiger partial charge on any atom is 0.306 e. The molecule has 0 atom stereocenters. The molecule has 5 heteroatoms. The first-order chi connectivity index (χ1) is 6.76. The summed E-state index contributed by atoms with van der Waals surface area (Å²) in [6.07, 6.45) is 0.170. The van der Waals surface area contributed by atoms with E-state index < -0.39 is 5.60 Å². The lowest BCUT2D eigenvalue weighted by Crippen LogP contribution is -2.28. The van der Waals surface area contributed by atoms with Gasteiger partial charge in [-0.15, -0.1) is 0 Å². The van der Waals surface area contributed by atoms with Gasteiger partial charge in [0.25, 0.3) is 0 Å². The molecular formula is C10H19NO4. The Morgan fingerprint density at radius 3 is 2.13 bits per heavy atom. The molecule has 0 heterocycles. The predicted molar refractivity (Wildman–Crippen MR) is 54.9 cm³/mol. The molecule has 0 fully saturated rings. The van der Waals surface area contributed by atoms with Gasteiger partial charge in [0.1, 0.15) is 5.60 Å². The molecule has 0 bridgehead atoms. The van der Waals surface area contributed by atoms with Gasteiger partial charge in [-0.05, 0) is 20.8 Å². The number of rotatable bonds is 4. The van der Waals surface area contributed by atoms with Gasteiger partial charge < -0.3 is 4.74 Å². The van der Waals surface area contributed by atoms with E-state index in [1.807, 2.05) is 0 Å². The van der Waals surface area contributed by atoms with E-state index >= 15 is 0 Å². The van der Waals surface area contributed by atoms with Gasteiger partial charge >= 0.3 is 5.97 Å². The van der Waals surface area contributed by atoms with Gasteiger partial charge in [0, 0.05) is 13.5 Å². The second-order valence-electron chi connectivity index (χ2n) is 4.16. The van der Waals surface area contributed by atoms with Crippen molar-refractivity contribution in [3.63, 3.8) is 0 Å². The van der Waals surface area contributed by atoms with Crippen LogP contribution in [0.1, 0.15) is 33.6 Å². The van der Waals surface area contributed by atoms with Crippen LogP contribution in [0.2, 0.25) is 0 Å². The highest BCUT2D eigenvalue weighted by Crippen LogP contribution is 2.09. The summed E-state index contributed by atoms with van der Waals surface area (Å²) < 4.78 is 5.05. The Hall–Kier alpha value is -1.10. The SMILES string of the molecule is CON(C)C(=O)CCC(=O)OC(C)(C)C. The summed E-state index contributed by atoms with van der Waals surface area (Å²) >= 11 is 0. The lowest BCUT2D eigenvalue weighted by molar-refractivity contribution is -0.171. The number of hydrogen-bond donors (Lipinski definition) is 0. The standard InChI is InChI=1S/C10H19NO4/c1-10(2,3)15-9(13)7-6-8(12)11(4)14-5/h6-7H2,1-5H3. The number of ether oxygens (including phenoxy) is 1. The molecule has 5 nitrogen and oxygen atoms in total. The van der Waals surface area contributed by atoms with Crippen LogP contribution in [-0.4, -0.2) is 36.7 Å². The van der Waals surface area contributed by atoms with Crippen molar-refractivity contribution in [3.8, 4) is 0 Å². The molecule has 0 aromatic rings. The highest BCUT2D eigenvalue weighted by atomic mass is 16.7. The van der Waals surface area contributed by atoms with Crippen LogP contribution in [0, 0.1) is 0 Å². The van der Waals surface area contributed by atoms with E-state index in [0.717, 1.165) is 5.06 Å². The summed E-state index contributed by atoms with van der Waals surface area (Å²) in [6, 6.07) is 0. The monoisotopic (exact) mass is 217 g/mol. The van der Waals surface area contributed by atoms with Crippen LogP contribution >= 0.6 is 0 Å². The van der Waals surface area contributed by atoms with Gasteiger partial charge in [-0.1, -0.05) is 0 Å². The van der Waals surface area contributed by atoms with Crippen molar-refractivity contribution in [2.24, 2.45) is 0 Å². The normalized spacial score (nSPS) is 11.0. The molecule has 0 radical (unpaired) electrons. The molecule has 0 aliphatic rings. The summed E-state index contributed by atoms with van der Waals surface area (Å²) in [4.78, 5) is 27.2. The Morgan fingerprint density at radius 1 is 1.20 bits per heavy atom. The summed E-state index contributed by atoms with van der Waals surface area (Å²) in [6.45, 7) is 5.36. The molecule has 1 amide bonds. The third-order valence-electron chi connectivity index (χ3n) is 1.59. The molecule has 0 spiro atoms. The molecule has 0 rings (SSSR count). The maximum absolute atomic E-state index is 11.2. The Kier molecular flexibility index (Phi) is 5.28. The number of esters is 1. The zero-order valence-electron chi connectivity index (χ0n) is 9.99. The van der Waals surface area contributed by atoms with E-state index in [4.69, 9.17) is 4.74 Å². The van der Waals surface area contributed by atoms with Crippen molar-refractivity contribution >= 4 is 11.9 Å². The number of hydroxylamine groups is 2. The Labute approximate surface area is 90.3 Å². The highest BCUT2D eigenvalue weighted by molar-refractivity contribution is 5.80. The van der Waals surface area contributed by atoms with Crippen molar-refractivity contribution in [2.45, 2.75) is 39.2 Å². The minimum Gasteiger partial charge on any atom is -0.460 e. The van der Waals surface area contributed by atoms with E-state index in [0.29, 0.717) is 0 Å². The fraction of sp³-hybridized carbons (Fsp3) is 0.800. The van der Waals surface area contributed by atoms with Crippen LogP contribution < -0.4 is 0 Å². The molecule has 0 aromatic carbocycles. The zero-order valence-corrected chi connectivity index (χ0v) is 9.99. The fourth-order valence-electron chi connectivity index (χ4n) is 0.861. The molecule has 15 heavy (non-hydrogen) atoms. The summed E-state index contributed by atoms with van der Waals surface area (Å²) in [5.74, 6) is -0.622. The van der Waals surface area contributed by atoms with E-state index in [1.54, 1.807) is 20.8 Å². The van der Waals surface area contributed by atoms with E-state index in [9.17, 15) is 9.59 Å². The average Bonchev–Trinajstić information content (AvgIpc) is 2.10. The minimum atomic E-state index is -0.507. The van der Waals surface area contributed by atoms with Gasteiger partial charge in [-0.3, -0.25) is 14.4 Å².